The van der Waals surface area contributed by atoms with Gasteiger partial charge >= 0.3 is 0 Å². The van der Waals surface area contributed by atoms with E-state index in [1.165, 1.54) is 22.1 Å². The van der Waals surface area contributed by atoms with Crippen molar-refractivity contribution < 1.29 is 0 Å². The van der Waals surface area contributed by atoms with Crippen LogP contribution in [0.3, 0.4) is 0 Å². The number of thiazole rings is 1. The summed E-state index contributed by atoms with van der Waals surface area (Å²) in [5, 5.41) is 4.69. The van der Waals surface area contributed by atoms with E-state index in [0.29, 0.717) is 6.04 Å². The molecule has 1 heterocycles. The number of aryl methyl sites for hydroxylation is 1. The number of aromatic nitrogens is 1. The maximum Gasteiger partial charge on any atom is 0.185 e. The van der Waals surface area contributed by atoms with Gasteiger partial charge in [-0.2, -0.15) is 0 Å². The minimum Gasteiger partial charge on any atom is -0.351 e. The summed E-state index contributed by atoms with van der Waals surface area (Å²) in [6, 6.07) is 0.521. The van der Waals surface area contributed by atoms with Crippen molar-refractivity contribution in [3.63, 3.8) is 0 Å². The molecule has 1 rings (SSSR count). The molecule has 0 saturated heterocycles. The standard InChI is InChI=1S/C16H31N3S/c1-7-9-14-15(10-17-12(3)4)20-16(18-14)19(6)11-13(5)8-2/h12-13,17H,7-11H2,1-6H3. The zero-order valence-corrected chi connectivity index (χ0v) is 14.8. The van der Waals surface area contributed by atoms with Gasteiger partial charge in [-0.15, -0.1) is 11.3 Å². The highest BCUT2D eigenvalue weighted by Gasteiger charge is 2.15. The fourth-order valence-electron chi connectivity index (χ4n) is 2.07. The molecule has 1 aromatic rings. The first-order valence-corrected chi connectivity index (χ1v) is 8.72. The molecule has 0 aliphatic rings. The molecule has 4 heteroatoms. The molecule has 0 spiro atoms. The molecular formula is C16H31N3S. The first-order valence-electron chi connectivity index (χ1n) is 7.90. The van der Waals surface area contributed by atoms with Gasteiger partial charge in [-0.25, -0.2) is 4.98 Å². The molecule has 0 aliphatic heterocycles. The van der Waals surface area contributed by atoms with Crippen LogP contribution in [0.15, 0.2) is 0 Å². The normalized spacial score (nSPS) is 12.9. The van der Waals surface area contributed by atoms with E-state index in [1.54, 1.807) is 0 Å². The van der Waals surface area contributed by atoms with E-state index in [4.69, 9.17) is 4.98 Å². The number of hydrogen-bond donors (Lipinski definition) is 1. The summed E-state index contributed by atoms with van der Waals surface area (Å²) in [5.74, 6) is 0.718. The van der Waals surface area contributed by atoms with Crippen LogP contribution >= 0.6 is 11.3 Å². The van der Waals surface area contributed by atoms with Crippen LogP contribution in [0.2, 0.25) is 0 Å². The van der Waals surface area contributed by atoms with Crippen LogP contribution in [-0.2, 0) is 13.0 Å². The fraction of sp³-hybridized carbons (Fsp3) is 0.812. The highest BCUT2D eigenvalue weighted by Crippen LogP contribution is 2.27. The molecule has 0 aromatic carbocycles. The Bertz CT molecular complexity index is 387. The average Bonchev–Trinajstić information content (AvgIpc) is 2.80. The second-order valence-corrected chi connectivity index (χ2v) is 7.11. The number of nitrogens with one attached hydrogen (secondary N) is 1. The molecule has 20 heavy (non-hydrogen) atoms. The molecule has 0 saturated carbocycles. The van der Waals surface area contributed by atoms with Crippen LogP contribution in [0, 0.1) is 5.92 Å². The van der Waals surface area contributed by atoms with E-state index >= 15 is 0 Å². The fourth-order valence-corrected chi connectivity index (χ4v) is 3.10. The summed E-state index contributed by atoms with van der Waals surface area (Å²) in [4.78, 5) is 8.59. The van der Waals surface area contributed by atoms with Gasteiger partial charge in [-0.05, 0) is 12.3 Å². The van der Waals surface area contributed by atoms with Crippen molar-refractivity contribution >= 4 is 16.5 Å². The third-order valence-corrected chi connectivity index (χ3v) is 4.75. The molecule has 116 valence electrons. The van der Waals surface area contributed by atoms with Crippen molar-refractivity contribution in [1.82, 2.24) is 10.3 Å². The molecule has 0 radical (unpaired) electrons. The lowest BCUT2D eigenvalue weighted by atomic mass is 10.1. The lowest BCUT2D eigenvalue weighted by Crippen LogP contribution is -2.23. The molecule has 1 N–H and O–H groups in total. The predicted molar refractivity (Wildman–Crippen MR) is 90.8 cm³/mol. The number of rotatable bonds is 9. The minimum absolute atomic E-state index is 0.521. The number of hydrogen-bond acceptors (Lipinski definition) is 4. The Morgan fingerprint density at radius 3 is 2.50 bits per heavy atom. The maximum atomic E-state index is 4.87. The van der Waals surface area contributed by atoms with E-state index in [1.807, 2.05) is 11.3 Å². The highest BCUT2D eigenvalue weighted by molar-refractivity contribution is 7.15. The molecule has 1 unspecified atom stereocenters. The summed E-state index contributed by atoms with van der Waals surface area (Å²) in [6.07, 6.45) is 3.47. The Hall–Kier alpha value is -0.610. The van der Waals surface area contributed by atoms with E-state index in [0.717, 1.165) is 31.8 Å². The Balaban J connectivity index is 2.78. The second-order valence-electron chi connectivity index (χ2n) is 6.05. The first kappa shape index (κ1) is 17.4. The zero-order chi connectivity index (χ0) is 15.1. The van der Waals surface area contributed by atoms with Gasteiger partial charge in [0.1, 0.15) is 0 Å². The van der Waals surface area contributed by atoms with Crippen molar-refractivity contribution in [2.24, 2.45) is 5.92 Å². The van der Waals surface area contributed by atoms with Gasteiger partial charge in [0, 0.05) is 31.1 Å². The van der Waals surface area contributed by atoms with Crippen LogP contribution in [0.5, 0.6) is 0 Å². The van der Waals surface area contributed by atoms with E-state index < -0.39 is 0 Å². The molecule has 1 aromatic heterocycles. The summed E-state index contributed by atoms with van der Waals surface area (Å²) in [7, 11) is 2.17. The van der Waals surface area contributed by atoms with Crippen LogP contribution in [0.1, 0.15) is 58.0 Å². The van der Waals surface area contributed by atoms with Crippen molar-refractivity contribution in [2.45, 2.75) is 66.5 Å². The molecule has 0 bridgehead atoms. The van der Waals surface area contributed by atoms with Gasteiger partial charge in [0.05, 0.1) is 5.69 Å². The Labute approximate surface area is 128 Å². The minimum atomic E-state index is 0.521. The van der Waals surface area contributed by atoms with Crippen molar-refractivity contribution in [3.05, 3.63) is 10.6 Å². The Morgan fingerprint density at radius 1 is 1.25 bits per heavy atom. The lowest BCUT2D eigenvalue weighted by Gasteiger charge is -2.19. The second kappa shape index (κ2) is 8.63. The van der Waals surface area contributed by atoms with Crippen LogP contribution in [0.25, 0.3) is 0 Å². The van der Waals surface area contributed by atoms with E-state index in [9.17, 15) is 0 Å². The summed E-state index contributed by atoms with van der Waals surface area (Å²) >= 11 is 1.85. The summed E-state index contributed by atoms with van der Waals surface area (Å²) in [6.45, 7) is 13.2. The maximum absolute atomic E-state index is 4.87. The quantitative estimate of drug-likeness (QED) is 0.744. The van der Waals surface area contributed by atoms with E-state index in [-0.39, 0.29) is 0 Å². The third-order valence-electron chi connectivity index (χ3n) is 3.53. The summed E-state index contributed by atoms with van der Waals surface area (Å²) < 4.78 is 0. The lowest BCUT2D eigenvalue weighted by molar-refractivity contribution is 0.559. The van der Waals surface area contributed by atoms with Crippen LogP contribution in [0.4, 0.5) is 5.13 Å². The van der Waals surface area contributed by atoms with Gasteiger partial charge in [0.2, 0.25) is 0 Å². The van der Waals surface area contributed by atoms with Gasteiger partial charge in [0.15, 0.2) is 5.13 Å². The molecule has 0 amide bonds. The number of nitrogens with zero attached hydrogens (tertiary/aromatic N) is 2. The zero-order valence-electron chi connectivity index (χ0n) is 14.0. The Kier molecular flexibility index (Phi) is 7.52. The molecule has 3 nitrogen and oxygen atoms in total. The number of anilines is 1. The largest absolute Gasteiger partial charge is 0.351 e. The molecule has 0 aliphatic carbocycles. The molecule has 0 fully saturated rings. The predicted octanol–water partition coefficient (Wildman–Crippen LogP) is 4.08. The smallest absolute Gasteiger partial charge is 0.185 e. The third kappa shape index (κ3) is 5.41. The van der Waals surface area contributed by atoms with Gasteiger partial charge < -0.3 is 10.2 Å². The van der Waals surface area contributed by atoms with Gasteiger partial charge in [-0.1, -0.05) is 47.5 Å². The van der Waals surface area contributed by atoms with Crippen LogP contribution in [-0.4, -0.2) is 24.6 Å². The van der Waals surface area contributed by atoms with Crippen LogP contribution < -0.4 is 10.2 Å². The SMILES string of the molecule is CCCc1nc(N(C)CC(C)CC)sc1CNC(C)C. The highest BCUT2D eigenvalue weighted by atomic mass is 32.1. The van der Waals surface area contributed by atoms with Crippen molar-refractivity contribution in [1.29, 1.82) is 0 Å². The Morgan fingerprint density at radius 2 is 1.95 bits per heavy atom. The van der Waals surface area contributed by atoms with E-state index in [2.05, 4.69) is 51.9 Å². The monoisotopic (exact) mass is 297 g/mol. The average molecular weight is 298 g/mol. The van der Waals surface area contributed by atoms with Crippen molar-refractivity contribution in [3.8, 4) is 0 Å². The topological polar surface area (TPSA) is 28.2 Å². The molecule has 1 atom stereocenters. The van der Waals surface area contributed by atoms with Crippen molar-refractivity contribution in [2.75, 3.05) is 18.5 Å². The van der Waals surface area contributed by atoms with Gasteiger partial charge in [-0.3, -0.25) is 0 Å². The van der Waals surface area contributed by atoms with Gasteiger partial charge in [0.25, 0.3) is 0 Å². The molecular weight excluding hydrogens is 266 g/mol. The first-order chi connectivity index (χ1) is 9.47. The summed E-state index contributed by atoms with van der Waals surface area (Å²) in [5.41, 5.74) is 1.29.